The number of benzene rings is 1. The Balaban J connectivity index is 3.12. The molecule has 0 unspecified atom stereocenters. The highest BCUT2D eigenvalue weighted by Crippen LogP contribution is 2.26. The second-order valence-electron chi connectivity index (χ2n) is 2.53. The van der Waals surface area contributed by atoms with E-state index in [9.17, 15) is 9.18 Å². The summed E-state index contributed by atoms with van der Waals surface area (Å²) in [4.78, 5) is 13.0. The summed E-state index contributed by atoms with van der Waals surface area (Å²) in [6.45, 7) is -0.167. The summed E-state index contributed by atoms with van der Waals surface area (Å²) in [5.41, 5.74) is 0.0881. The first-order valence-corrected chi connectivity index (χ1v) is 3.78. The van der Waals surface area contributed by atoms with Crippen molar-refractivity contribution in [3.05, 3.63) is 23.5 Å². The van der Waals surface area contributed by atoms with Gasteiger partial charge in [0.1, 0.15) is 5.75 Å². The van der Waals surface area contributed by atoms with Crippen LogP contribution in [0, 0.1) is 5.82 Å². The molecule has 1 aromatic rings. The highest BCUT2D eigenvalue weighted by Gasteiger charge is 2.09. The molecule has 4 nitrogen and oxygen atoms in total. The molecule has 1 rings (SSSR count). The Kier molecular flexibility index (Phi) is 3.20. The molecule has 1 N–H and O–H groups in total. The number of carbonyl (C=O) groups excluding carboxylic acids is 1. The standard InChI is InChI=1S/C9H8FNO3/c1-14-7-2-6(4-11-5-12)9(10)8(13)3-7/h2-3,13H,4H2,1H3. The molecule has 0 radical (unpaired) electrons. The molecule has 0 aliphatic carbocycles. The highest BCUT2D eigenvalue weighted by atomic mass is 19.1. The predicted octanol–water partition coefficient (Wildman–Crippen LogP) is 1.38. The van der Waals surface area contributed by atoms with Crippen LogP contribution in [0.1, 0.15) is 5.56 Å². The van der Waals surface area contributed by atoms with E-state index in [1.165, 1.54) is 19.3 Å². The lowest BCUT2D eigenvalue weighted by atomic mass is 10.2. The summed E-state index contributed by atoms with van der Waals surface area (Å²) in [7, 11) is 1.39. The van der Waals surface area contributed by atoms with E-state index in [2.05, 4.69) is 4.99 Å². The lowest BCUT2D eigenvalue weighted by molar-refractivity contribution is 0.394. The Labute approximate surface area is 79.7 Å². The number of hydrogen-bond acceptors (Lipinski definition) is 4. The molecule has 0 aromatic heterocycles. The van der Waals surface area contributed by atoms with Crippen molar-refractivity contribution >= 4 is 6.08 Å². The van der Waals surface area contributed by atoms with Gasteiger partial charge in [0.15, 0.2) is 11.6 Å². The fourth-order valence-electron chi connectivity index (χ4n) is 0.990. The SMILES string of the molecule is COc1cc(O)c(F)c(CN=C=O)c1. The minimum absolute atomic E-state index is 0.0881. The molecule has 1 aromatic carbocycles. The van der Waals surface area contributed by atoms with E-state index in [0.29, 0.717) is 5.75 Å². The topological polar surface area (TPSA) is 58.9 Å². The van der Waals surface area contributed by atoms with E-state index in [-0.39, 0.29) is 12.1 Å². The van der Waals surface area contributed by atoms with Crippen LogP contribution in [0.2, 0.25) is 0 Å². The first-order chi connectivity index (χ1) is 6.69. The van der Waals surface area contributed by atoms with Crippen LogP contribution >= 0.6 is 0 Å². The van der Waals surface area contributed by atoms with Crippen LogP contribution in [0.25, 0.3) is 0 Å². The Bertz CT molecular complexity index is 386. The van der Waals surface area contributed by atoms with Gasteiger partial charge >= 0.3 is 0 Å². The second-order valence-corrected chi connectivity index (χ2v) is 2.53. The number of nitrogens with zero attached hydrogens (tertiary/aromatic N) is 1. The van der Waals surface area contributed by atoms with Crippen LogP contribution in [0.4, 0.5) is 4.39 Å². The van der Waals surface area contributed by atoms with Gasteiger partial charge in [-0.25, -0.2) is 14.2 Å². The van der Waals surface area contributed by atoms with Gasteiger partial charge in [-0.3, -0.25) is 0 Å². The smallest absolute Gasteiger partial charge is 0.235 e. The molecular formula is C9H8FNO3. The van der Waals surface area contributed by atoms with E-state index in [1.807, 2.05) is 0 Å². The van der Waals surface area contributed by atoms with Crippen molar-refractivity contribution in [2.24, 2.45) is 4.99 Å². The van der Waals surface area contributed by atoms with Gasteiger partial charge in [-0.1, -0.05) is 0 Å². The van der Waals surface area contributed by atoms with Crippen LogP contribution in [-0.2, 0) is 11.3 Å². The maximum absolute atomic E-state index is 13.1. The Morgan fingerprint density at radius 1 is 1.64 bits per heavy atom. The third-order valence-corrected chi connectivity index (χ3v) is 1.65. The van der Waals surface area contributed by atoms with E-state index < -0.39 is 11.6 Å². The number of ether oxygens (including phenoxy) is 1. The zero-order valence-corrected chi connectivity index (χ0v) is 7.45. The summed E-state index contributed by atoms with van der Waals surface area (Å²) in [6.07, 6.45) is 1.29. The maximum atomic E-state index is 13.1. The van der Waals surface area contributed by atoms with Crippen LogP contribution in [-0.4, -0.2) is 18.3 Å². The van der Waals surface area contributed by atoms with Gasteiger partial charge in [0.2, 0.25) is 6.08 Å². The van der Waals surface area contributed by atoms with E-state index >= 15 is 0 Å². The zero-order valence-electron chi connectivity index (χ0n) is 7.45. The molecule has 0 saturated heterocycles. The molecule has 14 heavy (non-hydrogen) atoms. The van der Waals surface area contributed by atoms with Crippen LogP contribution in [0.3, 0.4) is 0 Å². The molecule has 0 bridgehead atoms. The molecule has 0 saturated carbocycles. The van der Waals surface area contributed by atoms with Gasteiger partial charge in [0, 0.05) is 11.6 Å². The van der Waals surface area contributed by atoms with Gasteiger partial charge < -0.3 is 9.84 Å². The number of rotatable bonds is 3. The normalized spacial score (nSPS) is 9.29. The van der Waals surface area contributed by atoms with E-state index in [0.717, 1.165) is 6.07 Å². The van der Waals surface area contributed by atoms with Crippen molar-refractivity contribution < 1.29 is 19.0 Å². The molecule has 0 heterocycles. The summed E-state index contributed by atoms with van der Waals surface area (Å²) in [5, 5.41) is 9.12. The second kappa shape index (κ2) is 4.39. The summed E-state index contributed by atoms with van der Waals surface area (Å²) >= 11 is 0. The van der Waals surface area contributed by atoms with Gasteiger partial charge in [0.05, 0.1) is 13.7 Å². The predicted molar refractivity (Wildman–Crippen MR) is 46.4 cm³/mol. The van der Waals surface area contributed by atoms with Gasteiger partial charge in [-0.15, -0.1) is 0 Å². The van der Waals surface area contributed by atoms with Crippen molar-refractivity contribution in [2.45, 2.75) is 6.54 Å². The number of aliphatic imine (C=N–C) groups is 1. The number of halogens is 1. The third kappa shape index (κ3) is 2.08. The summed E-state index contributed by atoms with van der Waals surface area (Å²) in [5.74, 6) is -1.02. The maximum Gasteiger partial charge on any atom is 0.235 e. The van der Waals surface area contributed by atoms with Crippen molar-refractivity contribution in [2.75, 3.05) is 7.11 Å². The third-order valence-electron chi connectivity index (χ3n) is 1.65. The monoisotopic (exact) mass is 197 g/mol. The summed E-state index contributed by atoms with van der Waals surface area (Å²) < 4.78 is 17.9. The summed E-state index contributed by atoms with van der Waals surface area (Å²) in [6, 6.07) is 2.50. The number of hydrogen-bond donors (Lipinski definition) is 1. The number of aromatic hydroxyl groups is 1. The molecule has 0 aliphatic heterocycles. The highest BCUT2D eigenvalue weighted by molar-refractivity contribution is 5.40. The minimum atomic E-state index is -0.801. The quantitative estimate of drug-likeness (QED) is 0.588. The molecule has 0 spiro atoms. The molecule has 0 atom stereocenters. The molecular weight excluding hydrogens is 189 g/mol. The number of phenols is 1. The Morgan fingerprint density at radius 2 is 2.36 bits per heavy atom. The van der Waals surface area contributed by atoms with Crippen molar-refractivity contribution in [3.63, 3.8) is 0 Å². The molecule has 0 amide bonds. The molecule has 0 aliphatic rings. The lowest BCUT2D eigenvalue weighted by Gasteiger charge is -2.05. The average molecular weight is 197 g/mol. The van der Waals surface area contributed by atoms with Crippen molar-refractivity contribution in [1.29, 1.82) is 0 Å². The Morgan fingerprint density at radius 3 is 2.93 bits per heavy atom. The van der Waals surface area contributed by atoms with Gasteiger partial charge in [-0.2, -0.15) is 0 Å². The average Bonchev–Trinajstić information content (AvgIpc) is 2.20. The van der Waals surface area contributed by atoms with Gasteiger partial charge in [-0.05, 0) is 6.07 Å². The molecule has 74 valence electrons. The van der Waals surface area contributed by atoms with Gasteiger partial charge in [0.25, 0.3) is 0 Å². The Hall–Kier alpha value is -1.87. The largest absolute Gasteiger partial charge is 0.505 e. The van der Waals surface area contributed by atoms with Crippen LogP contribution in [0.5, 0.6) is 11.5 Å². The number of methoxy groups -OCH3 is 1. The van der Waals surface area contributed by atoms with Crippen molar-refractivity contribution in [3.8, 4) is 11.5 Å². The molecule has 0 fully saturated rings. The lowest BCUT2D eigenvalue weighted by Crippen LogP contribution is -1.92. The fraction of sp³-hybridized carbons (Fsp3) is 0.222. The zero-order chi connectivity index (χ0) is 10.6. The molecule has 5 heteroatoms. The number of phenolic OH excluding ortho intramolecular Hbond substituents is 1. The first-order valence-electron chi connectivity index (χ1n) is 3.78. The minimum Gasteiger partial charge on any atom is -0.505 e. The van der Waals surface area contributed by atoms with Crippen molar-refractivity contribution in [1.82, 2.24) is 0 Å². The van der Waals surface area contributed by atoms with E-state index in [1.54, 1.807) is 0 Å². The fourth-order valence-corrected chi connectivity index (χ4v) is 0.990. The van der Waals surface area contributed by atoms with Crippen LogP contribution < -0.4 is 4.74 Å². The number of isocyanates is 1. The van der Waals surface area contributed by atoms with Crippen LogP contribution in [0.15, 0.2) is 17.1 Å². The first kappa shape index (κ1) is 10.2. The van der Waals surface area contributed by atoms with E-state index in [4.69, 9.17) is 9.84 Å².